The molecule has 0 saturated carbocycles. The highest BCUT2D eigenvalue weighted by molar-refractivity contribution is 7.99. The standard InChI is InChI=1S/C17H23NO3S/c1-13-5-7-14(8-6-13)3-2-4-15(19)18-17(16(20)21)9-11-22-12-10-17/h5-8H,2-4,9-12H2,1H3,(H,18,19)(H,20,21). The van der Waals surface area contributed by atoms with Gasteiger partial charge in [0.1, 0.15) is 5.54 Å². The molecule has 1 aromatic rings. The van der Waals surface area contributed by atoms with Crippen LogP contribution in [-0.2, 0) is 16.0 Å². The zero-order valence-corrected chi connectivity index (χ0v) is 13.7. The Balaban J connectivity index is 1.81. The number of hydrogen-bond donors (Lipinski definition) is 2. The number of amides is 1. The minimum atomic E-state index is -1.05. The molecule has 1 aliphatic heterocycles. The van der Waals surface area contributed by atoms with Crippen molar-refractivity contribution in [3.05, 3.63) is 35.4 Å². The summed E-state index contributed by atoms with van der Waals surface area (Å²) in [5, 5.41) is 12.2. The topological polar surface area (TPSA) is 66.4 Å². The highest BCUT2D eigenvalue weighted by Crippen LogP contribution is 2.27. The number of aryl methyl sites for hydroxylation is 2. The Labute approximate surface area is 135 Å². The summed E-state index contributed by atoms with van der Waals surface area (Å²) in [6.07, 6.45) is 2.96. The molecule has 0 spiro atoms. The number of nitrogens with one attached hydrogen (secondary N) is 1. The van der Waals surface area contributed by atoms with Crippen LogP contribution >= 0.6 is 11.8 Å². The molecule has 2 rings (SSSR count). The first-order chi connectivity index (χ1) is 10.5. The van der Waals surface area contributed by atoms with Gasteiger partial charge in [0.2, 0.25) is 5.91 Å². The van der Waals surface area contributed by atoms with E-state index in [9.17, 15) is 14.7 Å². The Morgan fingerprint density at radius 1 is 1.23 bits per heavy atom. The molecule has 2 N–H and O–H groups in total. The second kappa shape index (κ2) is 7.68. The van der Waals surface area contributed by atoms with Crippen LogP contribution in [0.2, 0.25) is 0 Å². The summed E-state index contributed by atoms with van der Waals surface area (Å²) in [5.41, 5.74) is 1.38. The fraction of sp³-hybridized carbons (Fsp3) is 0.529. The van der Waals surface area contributed by atoms with Gasteiger partial charge in [0.25, 0.3) is 0 Å². The fourth-order valence-corrected chi connectivity index (χ4v) is 3.84. The van der Waals surface area contributed by atoms with E-state index in [0.29, 0.717) is 19.3 Å². The molecule has 0 aliphatic carbocycles. The van der Waals surface area contributed by atoms with Crippen LogP contribution in [0.3, 0.4) is 0 Å². The summed E-state index contributed by atoms with van der Waals surface area (Å²) in [7, 11) is 0. The van der Waals surface area contributed by atoms with Crippen molar-refractivity contribution >= 4 is 23.6 Å². The third-order valence-electron chi connectivity index (χ3n) is 4.12. The lowest BCUT2D eigenvalue weighted by molar-refractivity contribution is -0.148. The van der Waals surface area contributed by atoms with Crippen LogP contribution in [0, 0.1) is 6.92 Å². The Morgan fingerprint density at radius 3 is 2.45 bits per heavy atom. The maximum Gasteiger partial charge on any atom is 0.329 e. The van der Waals surface area contributed by atoms with E-state index >= 15 is 0 Å². The lowest BCUT2D eigenvalue weighted by Gasteiger charge is -2.33. The first-order valence-corrected chi connectivity index (χ1v) is 8.85. The van der Waals surface area contributed by atoms with Crippen molar-refractivity contribution < 1.29 is 14.7 Å². The van der Waals surface area contributed by atoms with E-state index in [1.54, 1.807) is 11.8 Å². The Kier molecular flexibility index (Phi) is 5.89. The van der Waals surface area contributed by atoms with E-state index in [2.05, 4.69) is 29.6 Å². The van der Waals surface area contributed by atoms with Crippen molar-refractivity contribution in [2.75, 3.05) is 11.5 Å². The first-order valence-electron chi connectivity index (χ1n) is 7.69. The molecule has 22 heavy (non-hydrogen) atoms. The maximum absolute atomic E-state index is 12.1. The Morgan fingerprint density at radius 2 is 1.86 bits per heavy atom. The molecule has 4 nitrogen and oxygen atoms in total. The normalized spacial score (nSPS) is 17.0. The Bertz CT molecular complexity index is 521. The number of thioether (sulfide) groups is 1. The van der Waals surface area contributed by atoms with Crippen LogP contribution in [0.15, 0.2) is 24.3 Å². The minimum absolute atomic E-state index is 0.151. The van der Waals surface area contributed by atoms with Gasteiger partial charge in [-0.1, -0.05) is 29.8 Å². The highest BCUT2D eigenvalue weighted by atomic mass is 32.2. The van der Waals surface area contributed by atoms with Gasteiger partial charge < -0.3 is 10.4 Å². The summed E-state index contributed by atoms with van der Waals surface area (Å²) in [5.74, 6) is 0.521. The molecular formula is C17H23NO3S. The average Bonchev–Trinajstić information content (AvgIpc) is 2.50. The monoisotopic (exact) mass is 321 g/mol. The molecule has 120 valence electrons. The second-order valence-electron chi connectivity index (χ2n) is 5.89. The van der Waals surface area contributed by atoms with Gasteiger partial charge in [-0.05, 0) is 49.7 Å². The quantitative estimate of drug-likeness (QED) is 0.845. The number of carbonyl (C=O) groups excluding carboxylic acids is 1. The first kappa shape index (κ1) is 16.9. The third-order valence-corrected chi connectivity index (χ3v) is 5.11. The molecule has 0 radical (unpaired) electrons. The van der Waals surface area contributed by atoms with Gasteiger partial charge >= 0.3 is 5.97 Å². The minimum Gasteiger partial charge on any atom is -0.480 e. The summed E-state index contributed by atoms with van der Waals surface area (Å²) in [6.45, 7) is 2.05. The maximum atomic E-state index is 12.1. The summed E-state index contributed by atoms with van der Waals surface area (Å²) >= 11 is 1.74. The molecule has 1 aromatic carbocycles. The van der Waals surface area contributed by atoms with E-state index in [0.717, 1.165) is 24.3 Å². The van der Waals surface area contributed by atoms with E-state index in [1.807, 2.05) is 6.92 Å². The molecule has 0 bridgehead atoms. The average molecular weight is 321 g/mol. The number of carbonyl (C=O) groups is 2. The molecule has 1 amide bonds. The van der Waals surface area contributed by atoms with Crippen LogP contribution in [-0.4, -0.2) is 34.0 Å². The molecule has 1 heterocycles. The zero-order valence-electron chi connectivity index (χ0n) is 12.9. The number of hydrogen-bond acceptors (Lipinski definition) is 3. The fourth-order valence-electron chi connectivity index (χ4n) is 2.65. The molecule has 1 aliphatic rings. The van der Waals surface area contributed by atoms with Gasteiger partial charge in [-0.15, -0.1) is 0 Å². The van der Waals surface area contributed by atoms with Crippen LogP contribution in [0.25, 0.3) is 0 Å². The van der Waals surface area contributed by atoms with E-state index in [1.165, 1.54) is 11.1 Å². The van der Waals surface area contributed by atoms with Gasteiger partial charge in [-0.25, -0.2) is 4.79 Å². The smallest absolute Gasteiger partial charge is 0.329 e. The summed E-state index contributed by atoms with van der Waals surface area (Å²) < 4.78 is 0. The van der Waals surface area contributed by atoms with Crippen LogP contribution < -0.4 is 5.32 Å². The molecule has 0 unspecified atom stereocenters. The van der Waals surface area contributed by atoms with Gasteiger partial charge in [-0.2, -0.15) is 11.8 Å². The lowest BCUT2D eigenvalue weighted by atomic mass is 9.92. The van der Waals surface area contributed by atoms with Crippen molar-refractivity contribution in [3.8, 4) is 0 Å². The SMILES string of the molecule is Cc1ccc(CCCC(=O)NC2(C(=O)O)CCSCC2)cc1. The molecular weight excluding hydrogens is 298 g/mol. The lowest BCUT2D eigenvalue weighted by Crippen LogP contribution is -2.56. The number of carboxylic acid groups (broad SMARTS) is 1. The molecule has 1 fully saturated rings. The highest BCUT2D eigenvalue weighted by Gasteiger charge is 2.40. The van der Waals surface area contributed by atoms with Crippen LogP contribution in [0.5, 0.6) is 0 Å². The van der Waals surface area contributed by atoms with Crippen molar-refractivity contribution in [2.45, 2.75) is 44.6 Å². The van der Waals surface area contributed by atoms with Crippen molar-refractivity contribution in [3.63, 3.8) is 0 Å². The Hall–Kier alpha value is -1.49. The predicted molar refractivity (Wildman–Crippen MR) is 89.2 cm³/mol. The van der Waals surface area contributed by atoms with E-state index < -0.39 is 11.5 Å². The third kappa shape index (κ3) is 4.50. The van der Waals surface area contributed by atoms with Gasteiger partial charge in [-0.3, -0.25) is 4.79 Å². The van der Waals surface area contributed by atoms with E-state index in [4.69, 9.17) is 0 Å². The predicted octanol–water partition coefficient (Wildman–Crippen LogP) is 2.78. The van der Waals surface area contributed by atoms with E-state index in [-0.39, 0.29) is 5.91 Å². The molecule has 1 saturated heterocycles. The number of rotatable bonds is 6. The molecule has 0 aromatic heterocycles. The van der Waals surface area contributed by atoms with Crippen molar-refractivity contribution in [2.24, 2.45) is 0 Å². The second-order valence-corrected chi connectivity index (χ2v) is 7.11. The van der Waals surface area contributed by atoms with Crippen LogP contribution in [0.4, 0.5) is 0 Å². The molecule has 0 atom stereocenters. The van der Waals surface area contributed by atoms with Gasteiger partial charge in [0.15, 0.2) is 0 Å². The van der Waals surface area contributed by atoms with Crippen molar-refractivity contribution in [1.82, 2.24) is 5.32 Å². The summed E-state index contributed by atoms with van der Waals surface area (Å²) in [6, 6.07) is 8.28. The van der Waals surface area contributed by atoms with Gasteiger partial charge in [0.05, 0.1) is 0 Å². The van der Waals surface area contributed by atoms with Crippen LogP contribution in [0.1, 0.15) is 36.8 Å². The molecule has 5 heteroatoms. The summed E-state index contributed by atoms with van der Waals surface area (Å²) in [4.78, 5) is 23.6. The van der Waals surface area contributed by atoms with Crippen molar-refractivity contribution in [1.29, 1.82) is 0 Å². The number of aliphatic carboxylic acids is 1. The largest absolute Gasteiger partial charge is 0.480 e. The number of benzene rings is 1. The number of carboxylic acids is 1. The zero-order chi connectivity index (χ0) is 16.0. The van der Waals surface area contributed by atoms with Gasteiger partial charge in [0, 0.05) is 6.42 Å².